The molecule has 1 N–H and O–H groups in total. The number of furan rings is 1. The molecule has 0 aliphatic carbocycles. The molecule has 0 bridgehead atoms. The molecule has 0 aromatic carbocycles. The van der Waals surface area contributed by atoms with Gasteiger partial charge < -0.3 is 24.1 Å². The van der Waals surface area contributed by atoms with E-state index in [1.54, 1.807) is 30.8 Å². The second kappa shape index (κ2) is 10.2. The lowest BCUT2D eigenvalue weighted by molar-refractivity contribution is -0.141. The molecule has 1 amide bonds. The van der Waals surface area contributed by atoms with Crippen LogP contribution in [0.2, 0.25) is 0 Å². The number of carbonyl (C=O) groups is 2. The molecule has 4 heterocycles. The lowest BCUT2D eigenvalue weighted by Gasteiger charge is -2.35. The number of carbonyl (C=O) groups excluding carboxylic acids is 2. The number of fused-ring (bicyclic) bond motifs is 1. The first-order valence-electron chi connectivity index (χ1n) is 10.0. The maximum atomic E-state index is 13.0. The van der Waals surface area contributed by atoms with Gasteiger partial charge in [-0.15, -0.1) is 11.3 Å². The summed E-state index contributed by atoms with van der Waals surface area (Å²) in [4.78, 5) is 33.2. The number of nitrogens with one attached hydrogen (secondary N) is 1. The van der Waals surface area contributed by atoms with Crippen molar-refractivity contribution < 1.29 is 23.5 Å². The standard InChI is InChI=1S/C22H23N3O5S2/c1-14-19(21(27)30-9-8-28-2)20(17-6-4-10-31-17)25-15(13-32-22(25)24-14)11-18(26)23-12-16-5-3-7-29-16/h3-7,10,13,20H,8-9,11-12H2,1-2H3,(H,23,26). The first-order chi connectivity index (χ1) is 15.6. The highest BCUT2D eigenvalue weighted by atomic mass is 32.2. The SMILES string of the molecule is COCCOC(=O)C1=C(C)N=C2SC=C(CC(=O)NCc3ccco3)N2C1c1cccs1. The molecule has 0 saturated heterocycles. The van der Waals surface area contributed by atoms with Crippen LogP contribution < -0.4 is 5.32 Å². The number of allylic oxidation sites excluding steroid dienone is 1. The van der Waals surface area contributed by atoms with Crippen LogP contribution in [0.3, 0.4) is 0 Å². The van der Waals surface area contributed by atoms with Crippen LogP contribution in [-0.2, 0) is 25.6 Å². The van der Waals surface area contributed by atoms with Gasteiger partial charge in [-0.3, -0.25) is 4.79 Å². The Labute approximate surface area is 194 Å². The lowest BCUT2D eigenvalue weighted by Crippen LogP contribution is -2.37. The van der Waals surface area contributed by atoms with Gasteiger partial charge in [-0.25, -0.2) is 9.79 Å². The summed E-state index contributed by atoms with van der Waals surface area (Å²) in [6.07, 6.45) is 1.72. The molecule has 2 aliphatic heterocycles. The Morgan fingerprint density at radius 3 is 2.88 bits per heavy atom. The minimum absolute atomic E-state index is 0.144. The molecule has 2 aromatic heterocycles. The van der Waals surface area contributed by atoms with Crippen molar-refractivity contribution in [3.05, 3.63) is 68.9 Å². The predicted octanol–water partition coefficient (Wildman–Crippen LogP) is 3.81. The van der Waals surface area contributed by atoms with Crippen LogP contribution in [0.25, 0.3) is 0 Å². The van der Waals surface area contributed by atoms with Crippen molar-refractivity contribution in [3.63, 3.8) is 0 Å². The number of ether oxygens (including phenoxy) is 2. The monoisotopic (exact) mass is 473 g/mol. The van der Waals surface area contributed by atoms with E-state index in [9.17, 15) is 9.59 Å². The third-order valence-electron chi connectivity index (χ3n) is 4.94. The van der Waals surface area contributed by atoms with E-state index in [0.717, 1.165) is 15.7 Å². The third-order valence-corrected chi connectivity index (χ3v) is 6.75. The summed E-state index contributed by atoms with van der Waals surface area (Å²) in [6, 6.07) is 7.10. The van der Waals surface area contributed by atoms with Gasteiger partial charge in [-0.2, -0.15) is 0 Å². The smallest absolute Gasteiger partial charge is 0.338 e. The van der Waals surface area contributed by atoms with Gasteiger partial charge in [0.2, 0.25) is 5.91 Å². The predicted molar refractivity (Wildman–Crippen MR) is 123 cm³/mol. The van der Waals surface area contributed by atoms with Crippen molar-refractivity contribution in [1.82, 2.24) is 10.2 Å². The normalized spacial score (nSPS) is 17.7. The second-order valence-electron chi connectivity index (χ2n) is 7.07. The van der Waals surface area contributed by atoms with Crippen molar-refractivity contribution in [1.29, 1.82) is 0 Å². The highest BCUT2D eigenvalue weighted by Gasteiger charge is 2.41. The van der Waals surface area contributed by atoms with Crippen molar-refractivity contribution in [2.75, 3.05) is 20.3 Å². The Morgan fingerprint density at radius 1 is 1.28 bits per heavy atom. The molecule has 0 fully saturated rings. The Hall–Kier alpha value is -2.82. The van der Waals surface area contributed by atoms with E-state index in [4.69, 9.17) is 13.9 Å². The van der Waals surface area contributed by atoms with E-state index in [2.05, 4.69) is 10.3 Å². The number of amidine groups is 1. The number of rotatable bonds is 9. The summed E-state index contributed by atoms with van der Waals surface area (Å²) in [5.74, 6) is 0.110. The number of hydrogen-bond acceptors (Lipinski definition) is 9. The molecule has 2 aromatic rings. The summed E-state index contributed by atoms with van der Waals surface area (Å²) in [7, 11) is 1.56. The first-order valence-corrected chi connectivity index (χ1v) is 11.8. The Kier molecular flexibility index (Phi) is 7.13. The maximum Gasteiger partial charge on any atom is 0.338 e. The third kappa shape index (κ3) is 4.82. The maximum absolute atomic E-state index is 13.0. The molecule has 8 nitrogen and oxygen atoms in total. The van der Waals surface area contributed by atoms with Crippen LogP contribution in [0.1, 0.15) is 30.0 Å². The summed E-state index contributed by atoms with van der Waals surface area (Å²) >= 11 is 2.99. The minimum atomic E-state index is -0.431. The first kappa shape index (κ1) is 22.4. The quantitative estimate of drug-likeness (QED) is 0.437. The van der Waals surface area contributed by atoms with Gasteiger partial charge in [-0.05, 0) is 35.9 Å². The molecule has 0 radical (unpaired) electrons. The van der Waals surface area contributed by atoms with Gasteiger partial charge >= 0.3 is 5.97 Å². The van der Waals surface area contributed by atoms with Crippen LogP contribution in [0, 0.1) is 0 Å². The fourth-order valence-electron chi connectivity index (χ4n) is 3.47. The van der Waals surface area contributed by atoms with Crippen LogP contribution in [0.4, 0.5) is 0 Å². The van der Waals surface area contributed by atoms with E-state index in [-0.39, 0.29) is 18.9 Å². The van der Waals surface area contributed by atoms with Crippen molar-refractivity contribution in [2.24, 2.45) is 4.99 Å². The van der Waals surface area contributed by atoms with E-state index < -0.39 is 12.0 Å². The van der Waals surface area contributed by atoms with Gasteiger partial charge in [0.25, 0.3) is 0 Å². The average Bonchev–Trinajstić information content (AvgIpc) is 3.54. The number of esters is 1. The van der Waals surface area contributed by atoms with E-state index in [0.29, 0.717) is 30.2 Å². The molecule has 1 atom stereocenters. The van der Waals surface area contributed by atoms with Gasteiger partial charge in [0, 0.05) is 17.7 Å². The highest BCUT2D eigenvalue weighted by molar-refractivity contribution is 8.16. The van der Waals surface area contributed by atoms with Crippen LogP contribution in [0.15, 0.2) is 67.7 Å². The molecule has 1 unspecified atom stereocenters. The van der Waals surface area contributed by atoms with E-state index >= 15 is 0 Å². The summed E-state index contributed by atoms with van der Waals surface area (Å²) in [5, 5.41) is 7.49. The Balaban J connectivity index is 1.55. The number of aliphatic imine (C=N–C) groups is 1. The van der Waals surface area contributed by atoms with Gasteiger partial charge in [-0.1, -0.05) is 17.8 Å². The summed E-state index contributed by atoms with van der Waals surface area (Å²) in [6.45, 7) is 2.60. The Bertz CT molecular complexity index is 1060. The summed E-state index contributed by atoms with van der Waals surface area (Å²) < 4.78 is 15.7. The van der Waals surface area contributed by atoms with Crippen LogP contribution >= 0.6 is 23.1 Å². The molecule has 0 spiro atoms. The number of methoxy groups -OCH3 is 1. The minimum Gasteiger partial charge on any atom is -0.467 e. The number of nitrogens with zero attached hydrogens (tertiary/aromatic N) is 2. The second-order valence-corrected chi connectivity index (χ2v) is 8.89. The van der Waals surface area contributed by atoms with Crippen LogP contribution in [0.5, 0.6) is 0 Å². The van der Waals surface area contributed by atoms with E-state index in [1.807, 2.05) is 40.8 Å². The number of hydrogen-bond donors (Lipinski definition) is 1. The van der Waals surface area contributed by atoms with Crippen molar-refractivity contribution in [2.45, 2.75) is 25.9 Å². The Morgan fingerprint density at radius 2 is 2.16 bits per heavy atom. The summed E-state index contributed by atoms with van der Waals surface area (Å²) in [5.41, 5.74) is 1.86. The van der Waals surface area contributed by atoms with E-state index in [1.165, 1.54) is 11.8 Å². The van der Waals surface area contributed by atoms with Crippen molar-refractivity contribution >= 4 is 40.1 Å². The van der Waals surface area contributed by atoms with Gasteiger partial charge in [0.05, 0.1) is 37.1 Å². The zero-order chi connectivity index (χ0) is 22.5. The van der Waals surface area contributed by atoms with Crippen molar-refractivity contribution in [3.8, 4) is 0 Å². The molecule has 168 valence electrons. The molecular formula is C22H23N3O5S2. The molecule has 0 saturated carbocycles. The van der Waals surface area contributed by atoms with Crippen LogP contribution in [-0.4, -0.2) is 42.3 Å². The number of amides is 1. The number of thioether (sulfide) groups is 1. The molecule has 2 aliphatic rings. The highest BCUT2D eigenvalue weighted by Crippen LogP contribution is 2.45. The fourth-order valence-corrected chi connectivity index (χ4v) is 5.26. The molecule has 32 heavy (non-hydrogen) atoms. The average molecular weight is 474 g/mol. The molecular weight excluding hydrogens is 450 g/mol. The zero-order valence-corrected chi connectivity index (χ0v) is 19.3. The largest absolute Gasteiger partial charge is 0.467 e. The molecule has 4 rings (SSSR count). The van der Waals surface area contributed by atoms with Gasteiger partial charge in [0.15, 0.2) is 5.17 Å². The lowest BCUT2D eigenvalue weighted by atomic mass is 9.99. The van der Waals surface area contributed by atoms with Gasteiger partial charge in [0.1, 0.15) is 18.4 Å². The molecule has 10 heteroatoms. The number of thiophene rings is 1. The topological polar surface area (TPSA) is 93.4 Å². The zero-order valence-electron chi connectivity index (χ0n) is 17.7. The fraction of sp³-hybridized carbons (Fsp3) is 0.318.